The number of fused-ring (bicyclic) bond motifs is 2. The van der Waals surface area contributed by atoms with Crippen molar-refractivity contribution in [2.24, 2.45) is 5.92 Å². The van der Waals surface area contributed by atoms with Gasteiger partial charge in [-0.25, -0.2) is 4.98 Å². The SMILES string of the molecule is CC(C)[C@@H](NC(=O)c1ccc2c(=O)n3c(nc2c1)CCCCC3)c1cccs1. The number of amides is 1. The zero-order chi connectivity index (χ0) is 19.7. The summed E-state index contributed by atoms with van der Waals surface area (Å²) in [6.07, 6.45) is 4.00. The molecule has 0 fully saturated rings. The van der Waals surface area contributed by atoms with Gasteiger partial charge < -0.3 is 5.32 Å². The van der Waals surface area contributed by atoms with Crippen molar-refractivity contribution in [2.45, 2.75) is 52.1 Å². The van der Waals surface area contributed by atoms with Gasteiger partial charge in [0.15, 0.2) is 0 Å². The van der Waals surface area contributed by atoms with Crippen LogP contribution >= 0.6 is 11.3 Å². The van der Waals surface area contributed by atoms with Gasteiger partial charge in [0.1, 0.15) is 5.82 Å². The molecule has 6 heteroatoms. The Balaban J connectivity index is 1.67. The van der Waals surface area contributed by atoms with Crippen molar-refractivity contribution >= 4 is 28.1 Å². The molecule has 1 amide bonds. The van der Waals surface area contributed by atoms with E-state index in [0.717, 1.165) is 42.9 Å². The van der Waals surface area contributed by atoms with Crippen LogP contribution in [0.3, 0.4) is 0 Å². The maximum Gasteiger partial charge on any atom is 0.261 e. The first-order chi connectivity index (χ1) is 13.5. The highest BCUT2D eigenvalue weighted by atomic mass is 32.1. The second-order valence-electron chi connectivity index (χ2n) is 7.74. The van der Waals surface area contributed by atoms with Crippen LogP contribution in [0.5, 0.6) is 0 Å². The van der Waals surface area contributed by atoms with Crippen molar-refractivity contribution in [3.63, 3.8) is 0 Å². The Bertz CT molecular complexity index is 1050. The summed E-state index contributed by atoms with van der Waals surface area (Å²) in [7, 11) is 0. The maximum absolute atomic E-state index is 12.9. The van der Waals surface area contributed by atoms with E-state index in [0.29, 0.717) is 16.5 Å². The highest BCUT2D eigenvalue weighted by Gasteiger charge is 2.21. The van der Waals surface area contributed by atoms with Crippen molar-refractivity contribution in [1.29, 1.82) is 0 Å². The Labute approximate surface area is 168 Å². The number of aryl methyl sites for hydroxylation is 1. The van der Waals surface area contributed by atoms with Crippen LogP contribution in [-0.2, 0) is 13.0 Å². The molecule has 146 valence electrons. The lowest BCUT2D eigenvalue weighted by Crippen LogP contribution is -2.31. The predicted molar refractivity (Wildman–Crippen MR) is 113 cm³/mol. The van der Waals surface area contributed by atoms with Crippen LogP contribution in [0, 0.1) is 5.92 Å². The van der Waals surface area contributed by atoms with Gasteiger partial charge in [0, 0.05) is 23.4 Å². The molecule has 1 atom stereocenters. The summed E-state index contributed by atoms with van der Waals surface area (Å²) in [6.45, 7) is 4.93. The smallest absolute Gasteiger partial charge is 0.261 e. The number of rotatable bonds is 4. The summed E-state index contributed by atoms with van der Waals surface area (Å²) >= 11 is 1.65. The molecule has 0 saturated carbocycles. The molecule has 0 radical (unpaired) electrons. The minimum atomic E-state index is -0.133. The van der Waals surface area contributed by atoms with Gasteiger partial charge in [-0.2, -0.15) is 0 Å². The lowest BCUT2D eigenvalue weighted by atomic mass is 10.0. The standard InChI is InChI=1S/C22H25N3O2S/c1-14(2)20(18-7-6-12-28-18)24-21(26)15-9-10-16-17(13-15)23-19-8-4-3-5-11-25(19)22(16)27/h6-7,9-10,12-14,20H,3-5,8,11H2,1-2H3,(H,24,26)/t20-/m1/s1. The van der Waals surface area contributed by atoms with Crippen LogP contribution in [0.25, 0.3) is 10.9 Å². The Hall–Kier alpha value is -2.47. The van der Waals surface area contributed by atoms with Crippen LogP contribution in [0.4, 0.5) is 0 Å². The lowest BCUT2D eigenvalue weighted by Gasteiger charge is -2.21. The van der Waals surface area contributed by atoms with Crippen molar-refractivity contribution in [2.75, 3.05) is 0 Å². The molecule has 0 aliphatic carbocycles. The molecule has 1 aliphatic rings. The third-order valence-electron chi connectivity index (χ3n) is 5.38. The Morgan fingerprint density at radius 2 is 2.07 bits per heavy atom. The van der Waals surface area contributed by atoms with Gasteiger partial charge in [-0.1, -0.05) is 26.3 Å². The summed E-state index contributed by atoms with van der Waals surface area (Å²) < 4.78 is 1.81. The number of nitrogens with zero attached hydrogens (tertiary/aromatic N) is 2. The average Bonchev–Trinajstić information content (AvgIpc) is 3.10. The molecule has 28 heavy (non-hydrogen) atoms. The van der Waals surface area contributed by atoms with Crippen molar-refractivity contribution in [3.8, 4) is 0 Å². The van der Waals surface area contributed by atoms with Gasteiger partial charge in [0.2, 0.25) is 0 Å². The van der Waals surface area contributed by atoms with Gasteiger partial charge in [-0.15, -0.1) is 11.3 Å². The lowest BCUT2D eigenvalue weighted by molar-refractivity contribution is 0.0926. The molecule has 0 bridgehead atoms. The Kier molecular flexibility index (Phi) is 5.31. The summed E-state index contributed by atoms with van der Waals surface area (Å²) in [6, 6.07) is 9.25. The zero-order valence-corrected chi connectivity index (χ0v) is 17.1. The van der Waals surface area contributed by atoms with E-state index in [9.17, 15) is 9.59 Å². The normalized spacial score (nSPS) is 15.2. The highest BCUT2D eigenvalue weighted by Crippen LogP contribution is 2.26. The molecule has 3 aromatic rings. The van der Waals surface area contributed by atoms with Gasteiger partial charge in [0.05, 0.1) is 16.9 Å². The second-order valence-corrected chi connectivity index (χ2v) is 8.72. The molecule has 4 rings (SSSR count). The second kappa shape index (κ2) is 7.87. The molecule has 5 nitrogen and oxygen atoms in total. The van der Waals surface area contributed by atoms with Crippen LogP contribution in [0.1, 0.15) is 60.2 Å². The Morgan fingerprint density at radius 1 is 1.21 bits per heavy atom. The van der Waals surface area contributed by atoms with E-state index in [1.54, 1.807) is 34.1 Å². The first kappa shape index (κ1) is 18.9. The van der Waals surface area contributed by atoms with Gasteiger partial charge in [-0.3, -0.25) is 14.2 Å². The largest absolute Gasteiger partial charge is 0.344 e. The van der Waals surface area contributed by atoms with E-state index >= 15 is 0 Å². The predicted octanol–water partition coefficient (Wildman–Crippen LogP) is 4.31. The molecule has 1 N–H and O–H groups in total. The van der Waals surface area contributed by atoms with E-state index in [2.05, 4.69) is 19.2 Å². The minimum absolute atomic E-state index is 0.00695. The van der Waals surface area contributed by atoms with Crippen molar-refractivity contribution in [3.05, 3.63) is 62.3 Å². The molecule has 0 unspecified atom stereocenters. The number of hydrogen-bond acceptors (Lipinski definition) is 4. The fraction of sp³-hybridized carbons (Fsp3) is 0.409. The molecule has 3 heterocycles. The summed E-state index contributed by atoms with van der Waals surface area (Å²) in [5, 5.41) is 5.76. The molecule has 0 spiro atoms. The monoisotopic (exact) mass is 395 g/mol. The fourth-order valence-corrected chi connectivity index (χ4v) is 4.77. The van der Waals surface area contributed by atoms with E-state index in [4.69, 9.17) is 4.98 Å². The van der Waals surface area contributed by atoms with Crippen molar-refractivity contribution < 1.29 is 4.79 Å². The van der Waals surface area contributed by atoms with E-state index < -0.39 is 0 Å². The van der Waals surface area contributed by atoms with E-state index in [1.807, 2.05) is 17.5 Å². The van der Waals surface area contributed by atoms with Crippen LogP contribution in [0.2, 0.25) is 0 Å². The molecular formula is C22H25N3O2S. The third kappa shape index (κ3) is 3.61. The third-order valence-corrected chi connectivity index (χ3v) is 6.34. The number of hydrogen-bond donors (Lipinski definition) is 1. The van der Waals surface area contributed by atoms with Gasteiger partial charge in [0.25, 0.3) is 11.5 Å². The van der Waals surface area contributed by atoms with Gasteiger partial charge in [-0.05, 0) is 48.4 Å². The van der Waals surface area contributed by atoms with Crippen LogP contribution in [0.15, 0.2) is 40.5 Å². The molecule has 1 aliphatic heterocycles. The first-order valence-corrected chi connectivity index (χ1v) is 10.8. The minimum Gasteiger partial charge on any atom is -0.344 e. The van der Waals surface area contributed by atoms with Crippen LogP contribution < -0.4 is 10.9 Å². The quantitative estimate of drug-likeness (QED) is 0.716. The summed E-state index contributed by atoms with van der Waals surface area (Å²) in [4.78, 5) is 31.6. The number of nitrogens with one attached hydrogen (secondary N) is 1. The van der Waals surface area contributed by atoms with E-state index in [1.165, 1.54) is 0 Å². The number of benzene rings is 1. The van der Waals surface area contributed by atoms with E-state index in [-0.39, 0.29) is 23.4 Å². The molecule has 2 aromatic heterocycles. The number of aromatic nitrogens is 2. The fourth-order valence-electron chi connectivity index (χ4n) is 3.82. The maximum atomic E-state index is 12.9. The topological polar surface area (TPSA) is 64.0 Å². The summed E-state index contributed by atoms with van der Waals surface area (Å²) in [5.41, 5.74) is 1.16. The highest BCUT2D eigenvalue weighted by molar-refractivity contribution is 7.10. The summed E-state index contributed by atoms with van der Waals surface area (Å²) in [5.74, 6) is 0.985. The molecule has 0 saturated heterocycles. The zero-order valence-electron chi connectivity index (χ0n) is 16.3. The first-order valence-electron chi connectivity index (χ1n) is 9.92. The number of carbonyl (C=O) groups excluding carboxylic acids is 1. The van der Waals surface area contributed by atoms with Crippen molar-refractivity contribution in [1.82, 2.24) is 14.9 Å². The van der Waals surface area contributed by atoms with Crippen LogP contribution in [-0.4, -0.2) is 15.5 Å². The number of thiophene rings is 1. The average molecular weight is 396 g/mol. The Morgan fingerprint density at radius 3 is 2.82 bits per heavy atom. The van der Waals surface area contributed by atoms with Gasteiger partial charge >= 0.3 is 0 Å². The molecular weight excluding hydrogens is 370 g/mol. The molecule has 1 aromatic carbocycles. The number of carbonyl (C=O) groups is 1.